The van der Waals surface area contributed by atoms with Crippen molar-refractivity contribution < 1.29 is 14.6 Å². The van der Waals surface area contributed by atoms with Gasteiger partial charge in [0.15, 0.2) is 17.5 Å². The van der Waals surface area contributed by atoms with E-state index in [9.17, 15) is 0 Å². The Kier molecular flexibility index (Phi) is 12.1. The molecule has 0 amide bonds. The molecule has 1 unspecified atom stereocenters. The third-order valence-electron chi connectivity index (χ3n) is 4.44. The molecular formula is C21H37N3O3. The Bertz CT molecular complexity index is 549. The van der Waals surface area contributed by atoms with E-state index in [4.69, 9.17) is 19.6 Å². The summed E-state index contributed by atoms with van der Waals surface area (Å²) in [5.74, 6) is 2.80. The van der Waals surface area contributed by atoms with E-state index in [2.05, 4.69) is 31.4 Å². The van der Waals surface area contributed by atoms with Crippen LogP contribution in [0.2, 0.25) is 0 Å². The highest BCUT2D eigenvalue weighted by atomic mass is 16.5. The number of nitrogens with zero attached hydrogens (tertiary/aromatic N) is 1. The topological polar surface area (TPSA) is 75.1 Å². The number of ether oxygens (including phenoxy) is 2. The summed E-state index contributed by atoms with van der Waals surface area (Å²) in [4.78, 5) is 4.70. The Morgan fingerprint density at radius 1 is 1.19 bits per heavy atom. The van der Waals surface area contributed by atoms with Crippen molar-refractivity contribution in [2.45, 2.75) is 53.0 Å². The van der Waals surface area contributed by atoms with Crippen LogP contribution in [0, 0.1) is 5.92 Å². The minimum Gasteiger partial charge on any atom is -0.493 e. The minimum absolute atomic E-state index is 0.0239. The van der Waals surface area contributed by atoms with E-state index in [0.717, 1.165) is 24.6 Å². The largest absolute Gasteiger partial charge is 0.493 e. The van der Waals surface area contributed by atoms with E-state index in [-0.39, 0.29) is 13.2 Å². The molecule has 154 valence electrons. The van der Waals surface area contributed by atoms with Crippen molar-refractivity contribution in [1.82, 2.24) is 10.6 Å². The summed E-state index contributed by atoms with van der Waals surface area (Å²) in [7, 11) is 1.61. The van der Waals surface area contributed by atoms with Gasteiger partial charge in [0.2, 0.25) is 0 Å². The molecule has 0 aliphatic heterocycles. The van der Waals surface area contributed by atoms with Crippen molar-refractivity contribution in [2.24, 2.45) is 10.9 Å². The van der Waals surface area contributed by atoms with Crippen LogP contribution in [-0.4, -0.2) is 44.5 Å². The third kappa shape index (κ3) is 9.00. The Labute approximate surface area is 164 Å². The SMILES string of the molecule is CCCCC(CC)CNC(=NCc1ccc(OCCO)c(OC)c1)NCC. The van der Waals surface area contributed by atoms with Gasteiger partial charge in [0.05, 0.1) is 20.3 Å². The molecule has 1 rings (SSSR count). The second-order valence-electron chi connectivity index (χ2n) is 6.55. The van der Waals surface area contributed by atoms with E-state index in [1.807, 2.05) is 18.2 Å². The number of aliphatic hydroxyl groups excluding tert-OH is 1. The molecule has 1 atom stereocenters. The van der Waals surface area contributed by atoms with Gasteiger partial charge in [-0.2, -0.15) is 0 Å². The quantitative estimate of drug-likeness (QED) is 0.362. The Hall–Kier alpha value is -1.95. The molecule has 3 N–H and O–H groups in total. The molecule has 0 aliphatic carbocycles. The van der Waals surface area contributed by atoms with Crippen LogP contribution in [0.3, 0.4) is 0 Å². The van der Waals surface area contributed by atoms with Crippen LogP contribution >= 0.6 is 0 Å². The number of hydrogen-bond acceptors (Lipinski definition) is 4. The summed E-state index contributed by atoms with van der Waals surface area (Å²) in [5, 5.41) is 15.7. The molecule has 0 heterocycles. The maximum Gasteiger partial charge on any atom is 0.191 e. The normalized spacial score (nSPS) is 12.6. The molecule has 0 saturated heterocycles. The number of guanidine groups is 1. The van der Waals surface area contributed by atoms with E-state index in [1.54, 1.807) is 7.11 Å². The highest BCUT2D eigenvalue weighted by molar-refractivity contribution is 5.79. The molecule has 0 fully saturated rings. The van der Waals surface area contributed by atoms with Gasteiger partial charge >= 0.3 is 0 Å². The highest BCUT2D eigenvalue weighted by Gasteiger charge is 2.08. The fourth-order valence-electron chi connectivity index (χ4n) is 2.78. The molecule has 27 heavy (non-hydrogen) atoms. The van der Waals surface area contributed by atoms with Crippen LogP contribution in [-0.2, 0) is 6.54 Å². The Morgan fingerprint density at radius 2 is 2.00 bits per heavy atom. The first-order chi connectivity index (χ1) is 13.2. The maximum absolute atomic E-state index is 8.90. The third-order valence-corrected chi connectivity index (χ3v) is 4.44. The number of unbranched alkanes of at least 4 members (excludes halogenated alkanes) is 1. The zero-order valence-electron chi connectivity index (χ0n) is 17.4. The molecule has 0 spiro atoms. The summed E-state index contributed by atoms with van der Waals surface area (Å²) in [5.41, 5.74) is 1.04. The van der Waals surface area contributed by atoms with Gasteiger partial charge in [0, 0.05) is 13.1 Å². The second kappa shape index (κ2) is 14.2. The van der Waals surface area contributed by atoms with Gasteiger partial charge in [-0.05, 0) is 37.0 Å². The first kappa shape index (κ1) is 23.1. The van der Waals surface area contributed by atoms with Gasteiger partial charge in [-0.3, -0.25) is 0 Å². The van der Waals surface area contributed by atoms with Crippen LogP contribution < -0.4 is 20.1 Å². The van der Waals surface area contributed by atoms with Crippen molar-refractivity contribution in [2.75, 3.05) is 33.4 Å². The molecule has 0 aliphatic rings. The van der Waals surface area contributed by atoms with Gasteiger partial charge in [0.1, 0.15) is 6.61 Å². The minimum atomic E-state index is -0.0239. The fourth-order valence-corrected chi connectivity index (χ4v) is 2.78. The van der Waals surface area contributed by atoms with Gasteiger partial charge in [-0.15, -0.1) is 0 Å². The summed E-state index contributed by atoms with van der Waals surface area (Å²) in [6, 6.07) is 5.76. The summed E-state index contributed by atoms with van der Waals surface area (Å²) < 4.78 is 10.9. The molecule has 0 radical (unpaired) electrons. The van der Waals surface area contributed by atoms with E-state index in [0.29, 0.717) is 24.0 Å². The zero-order chi connectivity index (χ0) is 19.9. The molecule has 0 saturated carbocycles. The lowest BCUT2D eigenvalue weighted by Crippen LogP contribution is -2.39. The van der Waals surface area contributed by atoms with Crippen LogP contribution in [0.25, 0.3) is 0 Å². The molecular weight excluding hydrogens is 342 g/mol. The predicted molar refractivity (Wildman–Crippen MR) is 112 cm³/mol. The monoisotopic (exact) mass is 379 g/mol. The van der Waals surface area contributed by atoms with E-state index in [1.165, 1.54) is 25.7 Å². The first-order valence-electron chi connectivity index (χ1n) is 10.1. The Balaban J connectivity index is 2.70. The summed E-state index contributed by atoms with van der Waals surface area (Å²) >= 11 is 0. The number of aliphatic imine (C=N–C) groups is 1. The lowest BCUT2D eigenvalue weighted by atomic mass is 9.99. The highest BCUT2D eigenvalue weighted by Crippen LogP contribution is 2.28. The van der Waals surface area contributed by atoms with Crippen LogP contribution in [0.5, 0.6) is 11.5 Å². The van der Waals surface area contributed by atoms with Gasteiger partial charge < -0.3 is 25.2 Å². The first-order valence-corrected chi connectivity index (χ1v) is 10.1. The number of hydrogen-bond donors (Lipinski definition) is 3. The molecule has 0 bridgehead atoms. The molecule has 1 aromatic rings. The van der Waals surface area contributed by atoms with Crippen molar-refractivity contribution in [3.8, 4) is 11.5 Å². The average molecular weight is 380 g/mol. The number of benzene rings is 1. The summed E-state index contributed by atoms with van der Waals surface area (Å²) in [6.07, 6.45) is 4.95. The van der Waals surface area contributed by atoms with Crippen molar-refractivity contribution >= 4 is 5.96 Å². The van der Waals surface area contributed by atoms with Gasteiger partial charge in [-0.1, -0.05) is 39.2 Å². The van der Waals surface area contributed by atoms with Crippen molar-refractivity contribution in [3.05, 3.63) is 23.8 Å². The molecule has 6 nitrogen and oxygen atoms in total. The van der Waals surface area contributed by atoms with Gasteiger partial charge in [-0.25, -0.2) is 4.99 Å². The Morgan fingerprint density at radius 3 is 2.63 bits per heavy atom. The molecule has 6 heteroatoms. The number of nitrogens with one attached hydrogen (secondary N) is 2. The zero-order valence-corrected chi connectivity index (χ0v) is 17.4. The predicted octanol–water partition coefficient (Wildman–Crippen LogP) is 3.34. The fraction of sp³-hybridized carbons (Fsp3) is 0.667. The van der Waals surface area contributed by atoms with Crippen molar-refractivity contribution in [3.63, 3.8) is 0 Å². The maximum atomic E-state index is 8.90. The average Bonchev–Trinajstić information content (AvgIpc) is 2.70. The van der Waals surface area contributed by atoms with Crippen LogP contribution in [0.15, 0.2) is 23.2 Å². The standard InChI is InChI=1S/C21H37N3O3/c1-5-8-9-17(6-2)15-23-21(22-7-3)24-16-18-10-11-19(27-13-12-25)20(14-18)26-4/h10-11,14,17,25H,5-9,12-13,15-16H2,1-4H3,(H2,22,23,24). The lowest BCUT2D eigenvalue weighted by molar-refractivity contribution is 0.196. The number of rotatable bonds is 13. The summed E-state index contributed by atoms with van der Waals surface area (Å²) in [6.45, 7) is 9.11. The van der Waals surface area contributed by atoms with E-state index >= 15 is 0 Å². The number of aliphatic hydroxyl groups is 1. The van der Waals surface area contributed by atoms with E-state index < -0.39 is 0 Å². The smallest absolute Gasteiger partial charge is 0.191 e. The molecule has 0 aromatic heterocycles. The molecule has 1 aromatic carbocycles. The van der Waals surface area contributed by atoms with Gasteiger partial charge in [0.25, 0.3) is 0 Å². The lowest BCUT2D eigenvalue weighted by Gasteiger charge is -2.18. The second-order valence-corrected chi connectivity index (χ2v) is 6.55. The number of methoxy groups -OCH3 is 1. The van der Waals surface area contributed by atoms with Crippen LogP contribution in [0.1, 0.15) is 52.0 Å². The van der Waals surface area contributed by atoms with Crippen molar-refractivity contribution in [1.29, 1.82) is 0 Å². The van der Waals surface area contributed by atoms with Crippen LogP contribution in [0.4, 0.5) is 0 Å².